The Labute approximate surface area is 107 Å². The minimum atomic E-state index is -0.303. The van der Waals surface area contributed by atoms with Crippen LogP contribution in [0.3, 0.4) is 0 Å². The lowest BCUT2D eigenvalue weighted by Gasteiger charge is -2.21. The minimum absolute atomic E-state index is 0.00637. The molecule has 1 aliphatic rings. The maximum absolute atomic E-state index is 11.8. The van der Waals surface area contributed by atoms with Gasteiger partial charge in [0.25, 0.3) is 0 Å². The molecule has 0 heterocycles. The van der Waals surface area contributed by atoms with Crippen molar-refractivity contribution in [3.05, 3.63) is 35.9 Å². The van der Waals surface area contributed by atoms with E-state index in [-0.39, 0.29) is 24.6 Å². The lowest BCUT2D eigenvalue weighted by Crippen LogP contribution is -2.45. The number of amides is 1. The van der Waals surface area contributed by atoms with E-state index in [1.165, 1.54) is 0 Å². The highest BCUT2D eigenvalue weighted by atomic mass is 16.3. The average molecular weight is 248 g/mol. The minimum Gasteiger partial charge on any atom is -0.394 e. The number of hydrogen-bond acceptors (Lipinski definition) is 3. The van der Waals surface area contributed by atoms with Gasteiger partial charge in [0.2, 0.25) is 5.91 Å². The van der Waals surface area contributed by atoms with E-state index < -0.39 is 0 Å². The van der Waals surface area contributed by atoms with Crippen LogP contribution in [0.2, 0.25) is 0 Å². The van der Waals surface area contributed by atoms with E-state index in [2.05, 4.69) is 10.6 Å². The monoisotopic (exact) mass is 248 g/mol. The average Bonchev–Trinajstić information content (AvgIpc) is 3.20. The molecule has 1 aliphatic carbocycles. The molecule has 0 bridgehead atoms. The molecule has 2 atom stereocenters. The third-order valence-corrected chi connectivity index (χ3v) is 3.15. The van der Waals surface area contributed by atoms with Crippen molar-refractivity contribution in [1.82, 2.24) is 10.6 Å². The number of carbonyl (C=O) groups is 1. The first-order valence-electron chi connectivity index (χ1n) is 6.43. The van der Waals surface area contributed by atoms with Gasteiger partial charge in [0, 0.05) is 6.04 Å². The zero-order chi connectivity index (χ0) is 13.0. The number of carbonyl (C=O) groups excluding carboxylic acids is 1. The molecule has 1 saturated carbocycles. The third kappa shape index (κ3) is 3.55. The molecule has 0 aromatic heterocycles. The second-order valence-electron chi connectivity index (χ2n) is 4.82. The number of rotatable bonds is 6. The van der Waals surface area contributed by atoms with Crippen LogP contribution in [-0.2, 0) is 4.79 Å². The summed E-state index contributed by atoms with van der Waals surface area (Å²) in [5.74, 6) is 0.00637. The van der Waals surface area contributed by atoms with Gasteiger partial charge in [0.1, 0.15) is 0 Å². The second-order valence-corrected chi connectivity index (χ2v) is 4.82. The van der Waals surface area contributed by atoms with Crippen molar-refractivity contribution < 1.29 is 9.90 Å². The summed E-state index contributed by atoms with van der Waals surface area (Å²) in [6, 6.07) is 9.53. The number of hydrogen-bond donors (Lipinski definition) is 3. The first-order valence-corrected chi connectivity index (χ1v) is 6.43. The molecule has 3 N–H and O–H groups in total. The van der Waals surface area contributed by atoms with E-state index in [1.54, 1.807) is 0 Å². The van der Waals surface area contributed by atoms with Crippen molar-refractivity contribution in [3.8, 4) is 0 Å². The lowest BCUT2D eigenvalue weighted by molar-refractivity contribution is -0.123. The lowest BCUT2D eigenvalue weighted by atomic mass is 10.1. The van der Waals surface area contributed by atoms with Crippen LogP contribution in [0.15, 0.2) is 30.3 Å². The molecule has 1 aromatic rings. The fourth-order valence-corrected chi connectivity index (χ4v) is 1.87. The molecule has 1 amide bonds. The van der Waals surface area contributed by atoms with Crippen LogP contribution in [0, 0.1) is 0 Å². The Kier molecular flexibility index (Phi) is 4.33. The Morgan fingerprint density at radius 3 is 2.61 bits per heavy atom. The molecule has 1 fully saturated rings. The van der Waals surface area contributed by atoms with Gasteiger partial charge in [-0.25, -0.2) is 0 Å². The smallest absolute Gasteiger partial charge is 0.237 e. The Bertz CT molecular complexity index is 390. The van der Waals surface area contributed by atoms with Crippen LogP contribution in [0.1, 0.15) is 31.4 Å². The summed E-state index contributed by atoms with van der Waals surface area (Å²) in [7, 11) is 0. The van der Waals surface area contributed by atoms with Crippen LogP contribution in [0.25, 0.3) is 0 Å². The Balaban J connectivity index is 1.90. The van der Waals surface area contributed by atoms with Crippen molar-refractivity contribution in [2.45, 2.75) is 37.9 Å². The zero-order valence-corrected chi connectivity index (χ0v) is 10.6. The fourth-order valence-electron chi connectivity index (χ4n) is 1.87. The SMILES string of the molecule is CC(NC(CO)c1ccccc1)C(=O)NC1CC1. The maximum Gasteiger partial charge on any atom is 0.237 e. The fraction of sp³-hybridized carbons (Fsp3) is 0.500. The third-order valence-electron chi connectivity index (χ3n) is 3.15. The molecule has 0 spiro atoms. The van der Waals surface area contributed by atoms with Crippen molar-refractivity contribution in [1.29, 1.82) is 0 Å². The number of nitrogens with one attached hydrogen (secondary N) is 2. The zero-order valence-electron chi connectivity index (χ0n) is 10.6. The quantitative estimate of drug-likeness (QED) is 0.703. The molecule has 4 heteroatoms. The van der Waals surface area contributed by atoms with Gasteiger partial charge < -0.3 is 10.4 Å². The van der Waals surface area contributed by atoms with Gasteiger partial charge in [0.05, 0.1) is 18.7 Å². The summed E-state index contributed by atoms with van der Waals surface area (Å²) in [6.45, 7) is 1.80. The molecule has 2 rings (SSSR count). The maximum atomic E-state index is 11.8. The number of aliphatic hydroxyl groups excluding tert-OH is 1. The molecule has 2 unspecified atom stereocenters. The largest absolute Gasteiger partial charge is 0.394 e. The van der Waals surface area contributed by atoms with Crippen LogP contribution < -0.4 is 10.6 Å². The van der Waals surface area contributed by atoms with Gasteiger partial charge in [-0.3, -0.25) is 10.1 Å². The predicted octanol–water partition coefficient (Wildman–Crippen LogP) is 0.977. The van der Waals surface area contributed by atoms with E-state index in [9.17, 15) is 9.90 Å². The highest BCUT2D eigenvalue weighted by Gasteiger charge is 2.26. The molecule has 0 aliphatic heterocycles. The molecule has 0 radical (unpaired) electrons. The number of aliphatic hydroxyl groups is 1. The summed E-state index contributed by atoms with van der Waals surface area (Å²) in [5.41, 5.74) is 0.992. The summed E-state index contributed by atoms with van der Waals surface area (Å²) in [4.78, 5) is 11.8. The van der Waals surface area contributed by atoms with Crippen LogP contribution in [0.5, 0.6) is 0 Å². The summed E-state index contributed by atoms with van der Waals surface area (Å²) < 4.78 is 0. The molecule has 4 nitrogen and oxygen atoms in total. The first-order chi connectivity index (χ1) is 8.70. The highest BCUT2D eigenvalue weighted by molar-refractivity contribution is 5.81. The van der Waals surface area contributed by atoms with Gasteiger partial charge in [-0.05, 0) is 25.3 Å². The van der Waals surface area contributed by atoms with Crippen LogP contribution in [0.4, 0.5) is 0 Å². The standard InChI is InChI=1S/C14H20N2O2/c1-10(14(18)16-12-7-8-12)15-13(9-17)11-5-3-2-4-6-11/h2-6,10,12-13,15,17H,7-9H2,1H3,(H,16,18). The molecule has 98 valence electrons. The van der Waals surface area contributed by atoms with Crippen molar-refractivity contribution >= 4 is 5.91 Å². The van der Waals surface area contributed by atoms with E-state index in [1.807, 2.05) is 37.3 Å². The Hall–Kier alpha value is -1.39. The molecule has 18 heavy (non-hydrogen) atoms. The Morgan fingerprint density at radius 2 is 2.06 bits per heavy atom. The van der Waals surface area contributed by atoms with E-state index in [0.29, 0.717) is 6.04 Å². The summed E-state index contributed by atoms with van der Waals surface area (Å²) in [5, 5.41) is 15.5. The van der Waals surface area contributed by atoms with Crippen LogP contribution in [-0.4, -0.2) is 29.7 Å². The second kappa shape index (κ2) is 5.98. The first kappa shape index (κ1) is 13.1. The normalized spacial score (nSPS) is 18.1. The van der Waals surface area contributed by atoms with Crippen LogP contribution >= 0.6 is 0 Å². The topological polar surface area (TPSA) is 61.4 Å². The van der Waals surface area contributed by atoms with Gasteiger partial charge >= 0.3 is 0 Å². The number of benzene rings is 1. The Morgan fingerprint density at radius 1 is 1.39 bits per heavy atom. The molecule has 0 saturated heterocycles. The predicted molar refractivity (Wildman–Crippen MR) is 70.0 cm³/mol. The molecule has 1 aromatic carbocycles. The van der Waals surface area contributed by atoms with E-state index in [0.717, 1.165) is 18.4 Å². The van der Waals surface area contributed by atoms with Gasteiger partial charge in [-0.15, -0.1) is 0 Å². The summed E-state index contributed by atoms with van der Waals surface area (Å²) in [6.07, 6.45) is 2.17. The highest BCUT2D eigenvalue weighted by Crippen LogP contribution is 2.19. The van der Waals surface area contributed by atoms with E-state index in [4.69, 9.17) is 0 Å². The summed E-state index contributed by atoms with van der Waals surface area (Å²) >= 11 is 0. The van der Waals surface area contributed by atoms with Gasteiger partial charge in [-0.2, -0.15) is 0 Å². The van der Waals surface area contributed by atoms with Crippen molar-refractivity contribution in [3.63, 3.8) is 0 Å². The van der Waals surface area contributed by atoms with E-state index >= 15 is 0 Å². The molecular formula is C14H20N2O2. The van der Waals surface area contributed by atoms with Gasteiger partial charge in [-0.1, -0.05) is 30.3 Å². The van der Waals surface area contributed by atoms with Crippen molar-refractivity contribution in [2.75, 3.05) is 6.61 Å². The van der Waals surface area contributed by atoms with Crippen molar-refractivity contribution in [2.24, 2.45) is 0 Å². The molecular weight excluding hydrogens is 228 g/mol. The van der Waals surface area contributed by atoms with Gasteiger partial charge in [0.15, 0.2) is 0 Å².